The third-order valence-corrected chi connectivity index (χ3v) is 5.16. The summed E-state index contributed by atoms with van der Waals surface area (Å²) in [5, 5.41) is 3.48. The fourth-order valence-corrected chi connectivity index (χ4v) is 3.49. The molecule has 0 saturated heterocycles. The van der Waals surface area contributed by atoms with Crippen LogP contribution in [0.25, 0.3) is 0 Å². The first-order valence-electron chi connectivity index (χ1n) is 9.15. The molecule has 0 radical (unpaired) electrons. The van der Waals surface area contributed by atoms with E-state index in [1.165, 1.54) is 30.5 Å². The smallest absolute Gasteiger partial charge is 0.244 e. The Morgan fingerprint density at radius 1 is 1.21 bits per heavy atom. The van der Waals surface area contributed by atoms with E-state index in [4.69, 9.17) is 4.74 Å². The second-order valence-electron chi connectivity index (χ2n) is 6.24. The van der Waals surface area contributed by atoms with E-state index in [0.717, 1.165) is 12.1 Å². The topological polar surface area (TPSA) is 86.1 Å². The van der Waals surface area contributed by atoms with E-state index in [-0.39, 0.29) is 23.6 Å². The molecule has 3 aromatic rings. The molecule has 1 N–H and O–H groups in total. The molecule has 8 heteroatoms. The Kier molecular flexibility index (Phi) is 7.02. The van der Waals surface area contributed by atoms with E-state index in [9.17, 15) is 9.59 Å². The van der Waals surface area contributed by atoms with Gasteiger partial charge in [0.1, 0.15) is 6.54 Å². The minimum atomic E-state index is -0.233. The van der Waals surface area contributed by atoms with Crippen molar-refractivity contribution >= 4 is 23.4 Å². The number of nitrogens with zero attached hydrogens (tertiary/aromatic N) is 3. The van der Waals surface area contributed by atoms with Crippen LogP contribution in [0, 0.1) is 0 Å². The van der Waals surface area contributed by atoms with Crippen LogP contribution in [0.4, 0.5) is 5.69 Å². The fourth-order valence-electron chi connectivity index (χ4n) is 2.70. The molecule has 3 rings (SSSR count). The number of methoxy groups -OCH3 is 1. The van der Waals surface area contributed by atoms with Crippen molar-refractivity contribution in [3.8, 4) is 5.75 Å². The summed E-state index contributed by atoms with van der Waals surface area (Å²) in [5.41, 5.74) is 2.39. The molecular weight excluding hydrogens is 388 g/mol. The Bertz CT molecular complexity index is 1020. The van der Waals surface area contributed by atoms with Gasteiger partial charge in [0.05, 0.1) is 13.3 Å². The standard InChI is InChI=1S/C21H22N4O3S/c1-3-15-5-7-16(8-6-15)24-20(27)13-25-12-19(28-2)18(26)11-17(25)14-29-21-22-9-4-10-23-21/h4-12H,3,13-14H2,1-2H3,(H,24,27). The number of ether oxygens (including phenoxy) is 1. The van der Waals surface area contributed by atoms with Gasteiger partial charge >= 0.3 is 0 Å². The van der Waals surface area contributed by atoms with Crippen molar-refractivity contribution < 1.29 is 9.53 Å². The largest absolute Gasteiger partial charge is 0.491 e. The van der Waals surface area contributed by atoms with Crippen LogP contribution in [-0.2, 0) is 23.5 Å². The molecular formula is C21H22N4O3S. The summed E-state index contributed by atoms with van der Waals surface area (Å²) in [6, 6.07) is 11.0. The van der Waals surface area contributed by atoms with Crippen molar-refractivity contribution in [2.24, 2.45) is 0 Å². The van der Waals surface area contributed by atoms with E-state index >= 15 is 0 Å². The Balaban J connectivity index is 1.76. The van der Waals surface area contributed by atoms with Crippen molar-refractivity contribution in [2.75, 3.05) is 12.4 Å². The minimum Gasteiger partial charge on any atom is -0.491 e. The number of hydrogen-bond acceptors (Lipinski definition) is 6. The minimum absolute atomic E-state index is 0.0533. The summed E-state index contributed by atoms with van der Waals surface area (Å²) >= 11 is 1.39. The highest BCUT2D eigenvalue weighted by Gasteiger charge is 2.12. The average molecular weight is 410 g/mol. The Hall–Kier alpha value is -3.13. The Labute approximate surface area is 173 Å². The van der Waals surface area contributed by atoms with Crippen LogP contribution in [0.1, 0.15) is 18.2 Å². The highest BCUT2D eigenvalue weighted by Crippen LogP contribution is 2.19. The van der Waals surface area contributed by atoms with Crippen LogP contribution < -0.4 is 15.5 Å². The molecule has 150 valence electrons. The predicted molar refractivity (Wildman–Crippen MR) is 113 cm³/mol. The van der Waals surface area contributed by atoms with Crippen molar-refractivity contribution in [1.29, 1.82) is 0 Å². The van der Waals surface area contributed by atoms with Gasteiger partial charge in [0.2, 0.25) is 11.3 Å². The van der Waals surface area contributed by atoms with Gasteiger partial charge in [-0.15, -0.1) is 0 Å². The third-order valence-electron chi connectivity index (χ3n) is 4.25. The van der Waals surface area contributed by atoms with Crippen molar-refractivity contribution in [2.45, 2.75) is 30.8 Å². The lowest BCUT2D eigenvalue weighted by Gasteiger charge is -2.14. The highest BCUT2D eigenvalue weighted by atomic mass is 32.2. The number of thioether (sulfide) groups is 1. The molecule has 2 heterocycles. The van der Waals surface area contributed by atoms with Gasteiger partial charge in [-0.3, -0.25) is 9.59 Å². The number of aromatic nitrogens is 3. The maximum Gasteiger partial charge on any atom is 0.244 e. The monoisotopic (exact) mass is 410 g/mol. The fraction of sp³-hybridized carbons (Fsp3) is 0.238. The zero-order chi connectivity index (χ0) is 20.6. The summed E-state index contributed by atoms with van der Waals surface area (Å²) in [6.07, 6.45) is 5.82. The molecule has 0 aliphatic carbocycles. The molecule has 0 bridgehead atoms. The van der Waals surface area contributed by atoms with Crippen molar-refractivity contribution in [1.82, 2.24) is 14.5 Å². The number of carbonyl (C=O) groups excluding carboxylic acids is 1. The number of pyridine rings is 1. The summed E-state index contributed by atoms with van der Waals surface area (Å²) in [5.74, 6) is 0.443. The zero-order valence-corrected chi connectivity index (χ0v) is 17.1. The van der Waals surface area contributed by atoms with Crippen LogP contribution >= 0.6 is 11.8 Å². The molecule has 0 atom stereocenters. The lowest BCUT2D eigenvalue weighted by Crippen LogP contribution is -2.22. The molecule has 0 unspecified atom stereocenters. The first-order valence-corrected chi connectivity index (χ1v) is 10.1. The van der Waals surface area contributed by atoms with Gasteiger partial charge < -0.3 is 14.6 Å². The third kappa shape index (κ3) is 5.68. The molecule has 2 aromatic heterocycles. The van der Waals surface area contributed by atoms with Gasteiger partial charge in [0, 0.05) is 35.6 Å². The van der Waals surface area contributed by atoms with Gasteiger partial charge in [-0.2, -0.15) is 0 Å². The second-order valence-corrected chi connectivity index (χ2v) is 7.19. The lowest BCUT2D eigenvalue weighted by atomic mass is 10.1. The normalized spacial score (nSPS) is 10.6. The average Bonchev–Trinajstić information content (AvgIpc) is 2.75. The number of rotatable bonds is 8. The summed E-state index contributed by atoms with van der Waals surface area (Å²) in [6.45, 7) is 2.13. The van der Waals surface area contributed by atoms with Gasteiger partial charge in [-0.05, 0) is 30.2 Å². The number of carbonyl (C=O) groups is 1. The van der Waals surface area contributed by atoms with E-state index in [0.29, 0.717) is 16.6 Å². The van der Waals surface area contributed by atoms with Gasteiger partial charge in [0.15, 0.2) is 10.9 Å². The summed E-state index contributed by atoms with van der Waals surface area (Å²) in [4.78, 5) is 33.1. The number of amides is 1. The SMILES string of the molecule is CCc1ccc(NC(=O)Cn2cc(OC)c(=O)cc2CSc2ncccn2)cc1. The van der Waals surface area contributed by atoms with Gasteiger partial charge in [0.25, 0.3) is 0 Å². The summed E-state index contributed by atoms with van der Waals surface area (Å²) in [7, 11) is 1.43. The molecule has 1 aromatic carbocycles. The summed E-state index contributed by atoms with van der Waals surface area (Å²) < 4.78 is 6.85. The Morgan fingerprint density at radius 3 is 2.59 bits per heavy atom. The number of anilines is 1. The molecule has 0 spiro atoms. The van der Waals surface area contributed by atoms with Crippen LogP contribution in [0.3, 0.4) is 0 Å². The maximum absolute atomic E-state index is 12.6. The Morgan fingerprint density at radius 2 is 1.93 bits per heavy atom. The number of benzene rings is 1. The van der Waals surface area contributed by atoms with Crippen molar-refractivity contribution in [3.63, 3.8) is 0 Å². The van der Waals surface area contributed by atoms with E-state index in [1.807, 2.05) is 24.3 Å². The van der Waals surface area contributed by atoms with Gasteiger partial charge in [-0.1, -0.05) is 30.8 Å². The number of aryl methyl sites for hydroxylation is 1. The number of hydrogen-bond donors (Lipinski definition) is 1. The highest BCUT2D eigenvalue weighted by molar-refractivity contribution is 7.98. The van der Waals surface area contributed by atoms with Crippen LogP contribution in [0.5, 0.6) is 5.75 Å². The van der Waals surface area contributed by atoms with E-state index in [2.05, 4.69) is 22.2 Å². The quantitative estimate of drug-likeness (QED) is 0.454. The predicted octanol–water partition coefficient (Wildman–Crippen LogP) is 3.14. The second kappa shape index (κ2) is 9.88. The van der Waals surface area contributed by atoms with E-state index < -0.39 is 0 Å². The lowest BCUT2D eigenvalue weighted by molar-refractivity contribution is -0.116. The first kappa shape index (κ1) is 20.6. The van der Waals surface area contributed by atoms with Gasteiger partial charge in [-0.25, -0.2) is 9.97 Å². The van der Waals surface area contributed by atoms with Crippen molar-refractivity contribution in [3.05, 3.63) is 76.5 Å². The molecule has 7 nitrogen and oxygen atoms in total. The molecule has 0 aliphatic heterocycles. The van der Waals surface area contributed by atoms with Crippen LogP contribution in [0.2, 0.25) is 0 Å². The number of nitrogens with one attached hydrogen (secondary N) is 1. The molecule has 29 heavy (non-hydrogen) atoms. The molecule has 0 aliphatic rings. The maximum atomic E-state index is 12.6. The zero-order valence-electron chi connectivity index (χ0n) is 16.3. The van der Waals surface area contributed by atoms with Crippen LogP contribution in [0.15, 0.2) is 64.9 Å². The molecule has 1 amide bonds. The van der Waals surface area contributed by atoms with E-state index in [1.54, 1.807) is 29.2 Å². The molecule has 0 fully saturated rings. The first-order chi connectivity index (χ1) is 14.1. The molecule has 0 saturated carbocycles. The van der Waals surface area contributed by atoms with Crippen LogP contribution in [-0.4, -0.2) is 27.6 Å².